The van der Waals surface area contributed by atoms with Gasteiger partial charge in [-0.1, -0.05) is 42.5 Å². The van der Waals surface area contributed by atoms with Crippen LogP contribution in [0.25, 0.3) is 10.2 Å². The van der Waals surface area contributed by atoms with Crippen LogP contribution < -0.4 is 10.6 Å². The average molecular weight is 416 g/mol. The van der Waals surface area contributed by atoms with E-state index in [1.807, 2.05) is 61.5 Å². The Morgan fingerprint density at radius 3 is 2.43 bits per heavy atom. The molecule has 6 heteroatoms. The molecule has 5 nitrogen and oxygen atoms in total. The summed E-state index contributed by atoms with van der Waals surface area (Å²) >= 11 is 1.69. The van der Waals surface area contributed by atoms with Crippen molar-refractivity contribution in [3.63, 3.8) is 0 Å². The van der Waals surface area contributed by atoms with E-state index in [1.165, 1.54) is 4.70 Å². The van der Waals surface area contributed by atoms with E-state index in [-0.39, 0.29) is 18.4 Å². The van der Waals surface area contributed by atoms with Gasteiger partial charge >= 0.3 is 0 Å². The van der Waals surface area contributed by atoms with Gasteiger partial charge in [-0.05, 0) is 48.4 Å². The van der Waals surface area contributed by atoms with Gasteiger partial charge in [-0.15, -0.1) is 11.3 Å². The first kappa shape index (κ1) is 19.8. The van der Waals surface area contributed by atoms with Crippen LogP contribution in [-0.4, -0.2) is 23.3 Å². The summed E-state index contributed by atoms with van der Waals surface area (Å²) in [5.74, 6) is -0.523. The van der Waals surface area contributed by atoms with Crippen molar-refractivity contribution in [2.75, 3.05) is 11.9 Å². The lowest BCUT2D eigenvalue weighted by Gasteiger charge is -2.09. The maximum atomic E-state index is 12.2. The van der Waals surface area contributed by atoms with Crippen LogP contribution in [0.3, 0.4) is 0 Å². The standard InChI is InChI=1S/C24H21N3O2S/c1-16-6-2-3-7-19(16)24(29)25-15-22(28)26-18-12-10-17(11-13-18)14-23-27-20-8-4-5-9-21(20)30-23/h2-13H,14-15H2,1H3,(H,25,29)(H,26,28). The smallest absolute Gasteiger partial charge is 0.251 e. The van der Waals surface area contributed by atoms with E-state index >= 15 is 0 Å². The SMILES string of the molecule is Cc1ccccc1C(=O)NCC(=O)Nc1ccc(Cc2nc3ccccc3s2)cc1. The van der Waals surface area contributed by atoms with Gasteiger partial charge in [0.05, 0.1) is 21.8 Å². The summed E-state index contributed by atoms with van der Waals surface area (Å²) in [6.07, 6.45) is 0.750. The van der Waals surface area contributed by atoms with Crippen molar-refractivity contribution in [1.29, 1.82) is 0 Å². The molecule has 0 bridgehead atoms. The van der Waals surface area contributed by atoms with Crippen molar-refractivity contribution in [1.82, 2.24) is 10.3 Å². The molecule has 1 aromatic heterocycles. The fraction of sp³-hybridized carbons (Fsp3) is 0.125. The number of hydrogen-bond donors (Lipinski definition) is 2. The van der Waals surface area contributed by atoms with E-state index < -0.39 is 0 Å². The van der Waals surface area contributed by atoms with Crippen LogP contribution in [0.15, 0.2) is 72.8 Å². The first-order chi connectivity index (χ1) is 14.6. The Bertz CT molecular complexity index is 1170. The molecule has 3 aromatic carbocycles. The maximum absolute atomic E-state index is 12.2. The number of thiazole rings is 1. The van der Waals surface area contributed by atoms with Crippen molar-refractivity contribution in [3.05, 3.63) is 94.5 Å². The molecule has 0 unspecified atom stereocenters. The normalized spacial score (nSPS) is 10.7. The van der Waals surface area contributed by atoms with Gasteiger partial charge in [0.2, 0.25) is 5.91 Å². The molecule has 4 aromatic rings. The van der Waals surface area contributed by atoms with Gasteiger partial charge in [0, 0.05) is 17.7 Å². The van der Waals surface area contributed by atoms with Crippen LogP contribution in [0.4, 0.5) is 5.69 Å². The van der Waals surface area contributed by atoms with Crippen molar-refractivity contribution < 1.29 is 9.59 Å². The molecule has 150 valence electrons. The van der Waals surface area contributed by atoms with Crippen LogP contribution in [0.2, 0.25) is 0 Å². The summed E-state index contributed by atoms with van der Waals surface area (Å²) in [6.45, 7) is 1.78. The number of aromatic nitrogens is 1. The van der Waals surface area contributed by atoms with Gasteiger partial charge in [-0.25, -0.2) is 4.98 Å². The summed E-state index contributed by atoms with van der Waals surface area (Å²) in [5, 5.41) is 6.53. The topological polar surface area (TPSA) is 71.1 Å². The molecule has 30 heavy (non-hydrogen) atoms. The fourth-order valence-electron chi connectivity index (χ4n) is 3.16. The lowest BCUT2D eigenvalue weighted by atomic mass is 10.1. The minimum Gasteiger partial charge on any atom is -0.343 e. The molecule has 0 aliphatic rings. The van der Waals surface area contributed by atoms with Crippen LogP contribution >= 0.6 is 11.3 Å². The number of nitrogens with one attached hydrogen (secondary N) is 2. The lowest BCUT2D eigenvalue weighted by Crippen LogP contribution is -2.33. The Labute approximate surface area is 178 Å². The molecule has 0 atom stereocenters. The third-order valence-electron chi connectivity index (χ3n) is 4.73. The zero-order valence-corrected chi connectivity index (χ0v) is 17.3. The van der Waals surface area contributed by atoms with Gasteiger partial charge < -0.3 is 10.6 Å². The summed E-state index contributed by atoms with van der Waals surface area (Å²) in [7, 11) is 0. The number of aryl methyl sites for hydroxylation is 1. The molecular formula is C24H21N3O2S. The largest absolute Gasteiger partial charge is 0.343 e. The molecule has 2 N–H and O–H groups in total. The van der Waals surface area contributed by atoms with Crippen molar-refractivity contribution in [2.24, 2.45) is 0 Å². The molecule has 0 spiro atoms. The van der Waals surface area contributed by atoms with Gasteiger partial charge in [-0.2, -0.15) is 0 Å². The molecule has 4 rings (SSSR count). The number of rotatable bonds is 6. The highest BCUT2D eigenvalue weighted by Crippen LogP contribution is 2.24. The van der Waals surface area contributed by atoms with Gasteiger partial charge in [-0.3, -0.25) is 9.59 Å². The number of amides is 2. The predicted molar refractivity (Wildman–Crippen MR) is 121 cm³/mol. The lowest BCUT2D eigenvalue weighted by molar-refractivity contribution is -0.115. The molecule has 2 amide bonds. The number of nitrogens with zero attached hydrogens (tertiary/aromatic N) is 1. The Morgan fingerprint density at radius 2 is 1.67 bits per heavy atom. The highest BCUT2D eigenvalue weighted by Gasteiger charge is 2.10. The fourth-order valence-corrected chi connectivity index (χ4v) is 4.17. The molecule has 0 saturated carbocycles. The molecule has 1 heterocycles. The Hall–Kier alpha value is -3.51. The van der Waals surface area contributed by atoms with Crippen LogP contribution in [0.5, 0.6) is 0 Å². The molecule has 0 radical (unpaired) electrons. The van der Waals surface area contributed by atoms with Gasteiger partial charge in [0.25, 0.3) is 5.91 Å². The van der Waals surface area contributed by atoms with Crippen molar-refractivity contribution in [2.45, 2.75) is 13.3 Å². The number of para-hydroxylation sites is 1. The molecule has 0 fully saturated rings. The third kappa shape index (κ3) is 4.72. The number of anilines is 1. The summed E-state index contributed by atoms with van der Waals surface area (Å²) < 4.78 is 1.18. The minimum atomic E-state index is -0.268. The quantitative estimate of drug-likeness (QED) is 0.485. The highest BCUT2D eigenvalue weighted by atomic mass is 32.1. The van der Waals surface area contributed by atoms with Crippen molar-refractivity contribution in [3.8, 4) is 0 Å². The van der Waals surface area contributed by atoms with E-state index in [9.17, 15) is 9.59 Å². The number of fused-ring (bicyclic) bond motifs is 1. The van der Waals surface area contributed by atoms with Gasteiger partial charge in [0.15, 0.2) is 0 Å². The van der Waals surface area contributed by atoms with E-state index in [0.29, 0.717) is 11.3 Å². The number of hydrogen-bond acceptors (Lipinski definition) is 4. The zero-order chi connectivity index (χ0) is 20.9. The molecular weight excluding hydrogens is 394 g/mol. The van der Waals surface area contributed by atoms with Crippen LogP contribution in [0.1, 0.15) is 26.5 Å². The second kappa shape index (κ2) is 8.88. The number of carbonyl (C=O) groups excluding carboxylic acids is 2. The minimum absolute atomic E-state index is 0.0827. The van der Waals surface area contributed by atoms with E-state index in [0.717, 1.165) is 28.1 Å². The zero-order valence-electron chi connectivity index (χ0n) is 16.5. The Kier molecular flexibility index (Phi) is 5.86. The molecule has 0 aliphatic carbocycles. The second-order valence-electron chi connectivity index (χ2n) is 6.99. The predicted octanol–water partition coefficient (Wildman–Crippen LogP) is 4.56. The second-order valence-corrected chi connectivity index (χ2v) is 8.11. The van der Waals surface area contributed by atoms with Crippen molar-refractivity contribution >= 4 is 39.1 Å². The van der Waals surface area contributed by atoms with Crippen LogP contribution in [0, 0.1) is 6.92 Å². The summed E-state index contributed by atoms with van der Waals surface area (Å²) in [6, 6.07) is 23.1. The highest BCUT2D eigenvalue weighted by molar-refractivity contribution is 7.18. The summed E-state index contributed by atoms with van der Waals surface area (Å²) in [5.41, 5.74) is 4.29. The van der Waals surface area contributed by atoms with E-state index in [2.05, 4.69) is 21.7 Å². The van der Waals surface area contributed by atoms with E-state index in [4.69, 9.17) is 0 Å². The first-order valence-corrected chi connectivity index (χ1v) is 10.5. The Morgan fingerprint density at radius 1 is 0.933 bits per heavy atom. The number of benzene rings is 3. The molecule has 0 aliphatic heterocycles. The number of carbonyl (C=O) groups is 2. The Balaban J connectivity index is 1.31. The monoisotopic (exact) mass is 415 g/mol. The van der Waals surface area contributed by atoms with E-state index in [1.54, 1.807) is 23.5 Å². The first-order valence-electron chi connectivity index (χ1n) is 9.65. The maximum Gasteiger partial charge on any atom is 0.251 e. The molecule has 0 saturated heterocycles. The average Bonchev–Trinajstić information content (AvgIpc) is 3.16. The summed E-state index contributed by atoms with van der Waals surface area (Å²) in [4.78, 5) is 29.0. The van der Waals surface area contributed by atoms with Crippen LogP contribution in [-0.2, 0) is 11.2 Å². The third-order valence-corrected chi connectivity index (χ3v) is 5.77. The van der Waals surface area contributed by atoms with Gasteiger partial charge in [0.1, 0.15) is 0 Å².